The van der Waals surface area contributed by atoms with E-state index >= 15 is 0 Å². The van der Waals surface area contributed by atoms with Gasteiger partial charge in [0.15, 0.2) is 0 Å². The van der Waals surface area contributed by atoms with Crippen molar-refractivity contribution >= 4 is 23.2 Å². The Bertz CT molecular complexity index is 984. The van der Waals surface area contributed by atoms with Gasteiger partial charge >= 0.3 is 0 Å². The van der Waals surface area contributed by atoms with E-state index in [9.17, 15) is 4.79 Å². The minimum Gasteiger partial charge on any atom is -0.368 e. The highest BCUT2D eigenvalue weighted by Gasteiger charge is 2.22. The van der Waals surface area contributed by atoms with Crippen LogP contribution < -0.4 is 4.90 Å². The smallest absolute Gasteiger partial charge is 0.227 e. The second kappa shape index (κ2) is 8.61. The summed E-state index contributed by atoms with van der Waals surface area (Å²) in [4.78, 5) is 25.2. The van der Waals surface area contributed by atoms with Gasteiger partial charge in [-0.2, -0.15) is 4.98 Å². The normalized spacial score (nSPS) is 14.3. The molecule has 0 N–H and O–H groups in total. The molecule has 8 heteroatoms. The van der Waals surface area contributed by atoms with Crippen LogP contribution in [-0.4, -0.2) is 52.1 Å². The molecule has 0 aliphatic carbocycles. The van der Waals surface area contributed by atoms with E-state index in [1.807, 2.05) is 35.2 Å². The van der Waals surface area contributed by atoms with Crippen molar-refractivity contribution in [2.24, 2.45) is 0 Å². The molecule has 0 saturated carbocycles. The molecular formula is C21H22ClN5O2. The first-order valence-electron chi connectivity index (χ1n) is 9.62. The van der Waals surface area contributed by atoms with Gasteiger partial charge in [0.2, 0.25) is 17.6 Å². The van der Waals surface area contributed by atoms with Gasteiger partial charge in [-0.05, 0) is 36.8 Å². The highest BCUT2D eigenvalue weighted by atomic mass is 35.5. The van der Waals surface area contributed by atoms with Crippen LogP contribution in [0.5, 0.6) is 0 Å². The van der Waals surface area contributed by atoms with Gasteiger partial charge in [-0.25, -0.2) is 0 Å². The largest absolute Gasteiger partial charge is 0.368 e. The van der Waals surface area contributed by atoms with E-state index in [2.05, 4.69) is 26.9 Å². The van der Waals surface area contributed by atoms with Crippen LogP contribution in [0.3, 0.4) is 0 Å². The first-order chi connectivity index (χ1) is 14.1. The van der Waals surface area contributed by atoms with Gasteiger partial charge in [-0.1, -0.05) is 22.8 Å². The Morgan fingerprint density at radius 3 is 2.79 bits per heavy atom. The summed E-state index contributed by atoms with van der Waals surface area (Å²) in [5, 5.41) is 4.70. The predicted octanol–water partition coefficient (Wildman–Crippen LogP) is 3.37. The number of nitrogens with zero attached hydrogens (tertiary/aromatic N) is 5. The fraction of sp³-hybridized carbons (Fsp3) is 0.333. The second-order valence-corrected chi connectivity index (χ2v) is 7.49. The maximum absolute atomic E-state index is 12.6. The number of aryl methyl sites for hydroxylation is 2. The summed E-state index contributed by atoms with van der Waals surface area (Å²) in [5.41, 5.74) is 3.12. The van der Waals surface area contributed by atoms with Gasteiger partial charge in [-0.15, -0.1) is 0 Å². The molecule has 0 unspecified atom stereocenters. The summed E-state index contributed by atoms with van der Waals surface area (Å²) >= 11 is 6.14. The minimum absolute atomic E-state index is 0.105. The zero-order valence-electron chi connectivity index (χ0n) is 16.2. The minimum atomic E-state index is 0.105. The third-order valence-corrected chi connectivity index (χ3v) is 5.32. The van der Waals surface area contributed by atoms with Crippen LogP contribution in [0.2, 0.25) is 5.02 Å². The molecule has 7 nitrogen and oxygen atoms in total. The quantitative estimate of drug-likeness (QED) is 0.640. The van der Waals surface area contributed by atoms with E-state index in [0.29, 0.717) is 37.6 Å². The number of carbonyl (C=O) groups excluding carboxylic acids is 1. The lowest BCUT2D eigenvalue weighted by molar-refractivity contribution is -0.131. The lowest BCUT2D eigenvalue weighted by Gasteiger charge is -2.37. The van der Waals surface area contributed by atoms with Gasteiger partial charge in [-0.3, -0.25) is 9.78 Å². The highest BCUT2D eigenvalue weighted by Crippen LogP contribution is 2.25. The molecule has 0 spiro atoms. The summed E-state index contributed by atoms with van der Waals surface area (Å²) in [5.74, 6) is 1.06. The first-order valence-corrected chi connectivity index (χ1v) is 10.00. The third kappa shape index (κ3) is 4.56. The molecule has 150 valence electrons. The summed E-state index contributed by atoms with van der Waals surface area (Å²) in [7, 11) is 0. The van der Waals surface area contributed by atoms with Gasteiger partial charge in [0.05, 0.1) is 0 Å². The van der Waals surface area contributed by atoms with E-state index in [1.165, 1.54) is 5.56 Å². The molecule has 1 fully saturated rings. The molecule has 0 radical (unpaired) electrons. The summed E-state index contributed by atoms with van der Waals surface area (Å²) in [6.45, 7) is 5.04. The number of hydrogen-bond acceptors (Lipinski definition) is 6. The highest BCUT2D eigenvalue weighted by molar-refractivity contribution is 6.30. The number of hydrogen-bond donors (Lipinski definition) is 0. The molecule has 2 aromatic heterocycles. The Morgan fingerprint density at radius 1 is 1.21 bits per heavy atom. The lowest BCUT2D eigenvalue weighted by atomic mass is 10.1. The van der Waals surface area contributed by atoms with Crippen LogP contribution in [0.15, 0.2) is 47.2 Å². The summed E-state index contributed by atoms with van der Waals surface area (Å²) in [6, 6.07) is 9.61. The molecule has 1 aliphatic rings. The molecule has 0 atom stereocenters. The Kier molecular flexibility index (Phi) is 5.76. The number of piperazine rings is 1. The van der Waals surface area contributed by atoms with E-state index in [0.717, 1.165) is 29.4 Å². The zero-order chi connectivity index (χ0) is 20.2. The van der Waals surface area contributed by atoms with Gasteiger partial charge < -0.3 is 14.3 Å². The number of amides is 1. The Hall–Kier alpha value is -2.93. The molecule has 0 bridgehead atoms. The molecule has 1 aliphatic heterocycles. The Morgan fingerprint density at radius 2 is 2.03 bits per heavy atom. The van der Waals surface area contributed by atoms with Crippen molar-refractivity contribution in [3.63, 3.8) is 0 Å². The second-order valence-electron chi connectivity index (χ2n) is 7.05. The average Bonchev–Trinajstić information content (AvgIpc) is 3.24. The maximum Gasteiger partial charge on any atom is 0.227 e. The van der Waals surface area contributed by atoms with Crippen LogP contribution in [0, 0.1) is 6.92 Å². The number of pyridine rings is 1. The molecule has 3 heterocycles. The lowest BCUT2D eigenvalue weighted by Crippen LogP contribution is -2.49. The fourth-order valence-corrected chi connectivity index (χ4v) is 3.63. The number of aromatic nitrogens is 3. The molecule has 4 rings (SSSR count). The van der Waals surface area contributed by atoms with Crippen molar-refractivity contribution < 1.29 is 9.32 Å². The van der Waals surface area contributed by atoms with Gasteiger partial charge in [0.25, 0.3) is 0 Å². The molecular weight excluding hydrogens is 390 g/mol. The number of carbonyl (C=O) groups is 1. The zero-order valence-corrected chi connectivity index (χ0v) is 17.0. The van der Waals surface area contributed by atoms with Crippen molar-refractivity contribution in [1.29, 1.82) is 0 Å². The van der Waals surface area contributed by atoms with Crippen molar-refractivity contribution in [2.75, 3.05) is 31.1 Å². The van der Waals surface area contributed by atoms with Gasteiger partial charge in [0, 0.05) is 67.7 Å². The number of rotatable bonds is 5. The maximum atomic E-state index is 12.6. The van der Waals surface area contributed by atoms with Crippen LogP contribution in [0.4, 0.5) is 5.69 Å². The monoisotopic (exact) mass is 411 g/mol. The fourth-order valence-electron chi connectivity index (χ4n) is 3.46. The molecule has 1 amide bonds. The van der Waals surface area contributed by atoms with Crippen molar-refractivity contribution in [1.82, 2.24) is 20.0 Å². The first kappa shape index (κ1) is 19.4. The SMILES string of the molecule is Cc1ccc(Cl)cc1N1CCN(C(=O)CCc2nc(-c3cccnc3)no2)CC1. The third-order valence-electron chi connectivity index (χ3n) is 5.08. The van der Waals surface area contributed by atoms with E-state index < -0.39 is 0 Å². The topological polar surface area (TPSA) is 75.4 Å². The van der Waals surface area contributed by atoms with Crippen molar-refractivity contribution in [3.8, 4) is 11.4 Å². The van der Waals surface area contributed by atoms with Gasteiger partial charge in [0.1, 0.15) is 0 Å². The summed E-state index contributed by atoms with van der Waals surface area (Å²) < 4.78 is 5.28. The standard InChI is InChI=1S/C21H22ClN5O2/c1-15-4-5-17(22)13-18(15)26-9-11-27(12-10-26)20(28)7-6-19-24-21(25-29-19)16-3-2-8-23-14-16/h2-5,8,13-14H,6-7,9-12H2,1H3. The predicted molar refractivity (Wildman–Crippen MR) is 111 cm³/mol. The molecule has 29 heavy (non-hydrogen) atoms. The van der Waals surface area contributed by atoms with E-state index in [-0.39, 0.29) is 5.91 Å². The van der Waals surface area contributed by atoms with E-state index in [1.54, 1.807) is 12.4 Å². The number of anilines is 1. The van der Waals surface area contributed by atoms with Crippen molar-refractivity contribution in [2.45, 2.75) is 19.8 Å². The Labute approximate surface area is 174 Å². The number of benzene rings is 1. The molecule has 3 aromatic rings. The Balaban J connectivity index is 1.29. The van der Waals surface area contributed by atoms with Crippen LogP contribution >= 0.6 is 11.6 Å². The van der Waals surface area contributed by atoms with Crippen LogP contribution in [0.1, 0.15) is 17.9 Å². The van der Waals surface area contributed by atoms with Crippen LogP contribution in [0.25, 0.3) is 11.4 Å². The van der Waals surface area contributed by atoms with Crippen LogP contribution in [-0.2, 0) is 11.2 Å². The van der Waals surface area contributed by atoms with E-state index in [4.69, 9.17) is 16.1 Å². The number of halogens is 1. The van der Waals surface area contributed by atoms with Crippen molar-refractivity contribution in [3.05, 3.63) is 59.2 Å². The molecule has 1 aromatic carbocycles. The molecule has 1 saturated heterocycles. The summed E-state index contributed by atoms with van der Waals surface area (Å²) in [6.07, 6.45) is 4.15. The average molecular weight is 412 g/mol.